The Kier molecular flexibility index (Phi) is 7.39. The van der Waals surface area contributed by atoms with Gasteiger partial charge in [-0.05, 0) is 52.0 Å². The Morgan fingerprint density at radius 3 is 2.57 bits per heavy atom. The van der Waals surface area contributed by atoms with E-state index >= 15 is 0 Å². The quantitative estimate of drug-likeness (QED) is 0.145. The zero-order valence-electron chi connectivity index (χ0n) is 20.2. The highest BCUT2D eigenvalue weighted by molar-refractivity contribution is 6.46. The molecule has 1 amide bonds. The molecule has 1 aliphatic rings. The first-order valence-corrected chi connectivity index (χ1v) is 10.9. The highest BCUT2D eigenvalue weighted by Gasteiger charge is 2.46. The lowest BCUT2D eigenvalue weighted by Gasteiger charge is -2.26. The van der Waals surface area contributed by atoms with Gasteiger partial charge in [-0.1, -0.05) is 12.1 Å². The van der Waals surface area contributed by atoms with E-state index in [0.717, 1.165) is 0 Å². The first kappa shape index (κ1) is 25.6. The number of hydrogen-bond donors (Lipinski definition) is 2. The van der Waals surface area contributed by atoms with E-state index in [0.29, 0.717) is 29.8 Å². The molecule has 0 radical (unpaired) electrons. The maximum absolute atomic E-state index is 13.2. The van der Waals surface area contributed by atoms with Gasteiger partial charge in [0.15, 0.2) is 0 Å². The number of Topliss-reactive ketones (excluding diaryl/α,β-unsaturated/α-hetero) is 1. The number of methoxy groups -OCH3 is 1. The fraction of sp³-hybridized carbons (Fsp3) is 0.375. The van der Waals surface area contributed by atoms with E-state index in [2.05, 4.69) is 4.98 Å². The first-order valence-electron chi connectivity index (χ1n) is 10.9. The summed E-state index contributed by atoms with van der Waals surface area (Å²) in [4.78, 5) is 55.3. The number of nitrogens with one attached hydrogen (secondary N) is 1. The van der Waals surface area contributed by atoms with Crippen molar-refractivity contribution in [2.45, 2.75) is 26.3 Å². The number of nitrogens with zero attached hydrogens (tertiary/aromatic N) is 3. The molecule has 0 aliphatic carbocycles. The molecule has 0 bridgehead atoms. The van der Waals surface area contributed by atoms with Crippen LogP contribution in [0, 0.1) is 24.0 Å². The van der Waals surface area contributed by atoms with Crippen molar-refractivity contribution in [1.29, 1.82) is 0 Å². The number of carbonyl (C=O) groups excluding carboxylic acids is 3. The number of non-ortho nitro benzene ring substituents is 1. The predicted octanol–water partition coefficient (Wildman–Crippen LogP) is 2.70. The Hall–Kier alpha value is -3.99. The first-order chi connectivity index (χ1) is 16.5. The normalized spacial score (nSPS) is 17.3. The summed E-state index contributed by atoms with van der Waals surface area (Å²) in [7, 11) is 4.98. The van der Waals surface area contributed by atoms with Crippen LogP contribution in [0.1, 0.15) is 45.3 Å². The molecular formula is C24H28N4O7. The number of nitro groups is 1. The molecule has 0 spiro atoms. The lowest BCUT2D eigenvalue weighted by Crippen LogP contribution is -2.32. The van der Waals surface area contributed by atoms with Crippen molar-refractivity contribution in [2.75, 3.05) is 34.3 Å². The van der Waals surface area contributed by atoms with Crippen LogP contribution < -0.4 is 0 Å². The minimum atomic E-state index is -1.03. The Labute approximate surface area is 202 Å². The monoisotopic (exact) mass is 484 g/mol. The van der Waals surface area contributed by atoms with Crippen molar-refractivity contribution in [1.82, 2.24) is 14.8 Å². The third kappa shape index (κ3) is 4.80. The molecule has 3 rings (SSSR count). The summed E-state index contributed by atoms with van der Waals surface area (Å²) in [6.45, 7) is 4.04. The van der Waals surface area contributed by atoms with E-state index in [-0.39, 0.29) is 29.1 Å². The molecule has 11 heteroatoms. The largest absolute Gasteiger partial charge is 0.507 e. The summed E-state index contributed by atoms with van der Waals surface area (Å²) in [6, 6.07) is 4.61. The molecule has 2 heterocycles. The summed E-state index contributed by atoms with van der Waals surface area (Å²) in [5, 5.41) is 22.7. The molecule has 1 aromatic heterocycles. The summed E-state index contributed by atoms with van der Waals surface area (Å²) in [5.74, 6) is -2.82. The summed E-state index contributed by atoms with van der Waals surface area (Å²) >= 11 is 0. The van der Waals surface area contributed by atoms with Crippen LogP contribution >= 0.6 is 0 Å². The number of benzene rings is 1. The molecule has 0 unspecified atom stereocenters. The molecule has 2 N–H and O–H groups in total. The van der Waals surface area contributed by atoms with Crippen molar-refractivity contribution in [3.05, 3.63) is 68.0 Å². The van der Waals surface area contributed by atoms with E-state index < -0.39 is 34.4 Å². The molecule has 186 valence electrons. The number of aliphatic hydroxyl groups is 1. The van der Waals surface area contributed by atoms with Gasteiger partial charge in [-0.3, -0.25) is 19.7 Å². The van der Waals surface area contributed by atoms with E-state index in [1.54, 1.807) is 19.9 Å². The van der Waals surface area contributed by atoms with Crippen LogP contribution in [0.4, 0.5) is 5.69 Å². The number of aromatic nitrogens is 1. The van der Waals surface area contributed by atoms with Crippen molar-refractivity contribution in [3.8, 4) is 0 Å². The van der Waals surface area contributed by atoms with Gasteiger partial charge in [0.2, 0.25) is 0 Å². The van der Waals surface area contributed by atoms with Crippen LogP contribution in [0.25, 0.3) is 5.76 Å². The number of aromatic amines is 1. The van der Waals surface area contributed by atoms with Crippen LogP contribution in [0.3, 0.4) is 0 Å². The molecule has 1 aliphatic heterocycles. The Bertz CT molecular complexity index is 1230. The van der Waals surface area contributed by atoms with E-state index in [9.17, 15) is 29.6 Å². The number of H-pyrrole nitrogens is 1. The number of ketones is 1. The second kappa shape index (κ2) is 10.1. The van der Waals surface area contributed by atoms with Gasteiger partial charge in [0.05, 0.1) is 23.6 Å². The Morgan fingerprint density at radius 1 is 1.29 bits per heavy atom. The Morgan fingerprint density at radius 2 is 1.97 bits per heavy atom. The van der Waals surface area contributed by atoms with Gasteiger partial charge in [0.1, 0.15) is 11.5 Å². The van der Waals surface area contributed by atoms with E-state index in [1.165, 1.54) is 30.2 Å². The smallest absolute Gasteiger partial charge is 0.354 e. The number of hydrogen-bond acceptors (Lipinski definition) is 8. The van der Waals surface area contributed by atoms with Crippen LogP contribution in [0.15, 0.2) is 29.8 Å². The van der Waals surface area contributed by atoms with Crippen molar-refractivity contribution >= 4 is 29.1 Å². The van der Waals surface area contributed by atoms with Crippen molar-refractivity contribution in [3.63, 3.8) is 0 Å². The summed E-state index contributed by atoms with van der Waals surface area (Å²) < 4.78 is 4.77. The van der Waals surface area contributed by atoms with Gasteiger partial charge in [-0.25, -0.2) is 4.79 Å². The SMILES string of the molecule is COC(=O)c1[nH]c(C)c(C(O)=C2C(=O)C(=O)N(CCCN(C)C)[C@@H]2c2cccc([N+](=O)[O-])c2)c1C. The zero-order chi connectivity index (χ0) is 26.0. The maximum atomic E-state index is 13.2. The highest BCUT2D eigenvalue weighted by Crippen LogP contribution is 2.41. The second-order valence-electron chi connectivity index (χ2n) is 8.62. The number of aliphatic hydroxyl groups excluding tert-OH is 1. The standard InChI is InChI=1S/C24H28N4O7/c1-13-17(14(2)25-19(13)24(32)35-5)21(29)18-20(15-8-6-9-16(12-15)28(33)34)27(23(31)22(18)30)11-7-10-26(3)4/h6,8-9,12,20,25,29H,7,10-11H2,1-5H3/t20-/m1/s1. The number of rotatable bonds is 8. The Balaban J connectivity index is 2.22. The number of likely N-dealkylation sites (tertiary alicyclic amines) is 1. The van der Waals surface area contributed by atoms with E-state index in [1.807, 2.05) is 19.0 Å². The molecular weight excluding hydrogens is 456 g/mol. The van der Waals surface area contributed by atoms with Gasteiger partial charge in [0.25, 0.3) is 17.4 Å². The van der Waals surface area contributed by atoms with Crippen LogP contribution in [-0.4, -0.2) is 76.8 Å². The van der Waals surface area contributed by atoms with Gasteiger partial charge < -0.3 is 24.6 Å². The molecule has 2 aromatic rings. The van der Waals surface area contributed by atoms with Crippen molar-refractivity contribution in [2.24, 2.45) is 0 Å². The van der Waals surface area contributed by atoms with Gasteiger partial charge in [0, 0.05) is 29.9 Å². The lowest BCUT2D eigenvalue weighted by atomic mass is 9.93. The van der Waals surface area contributed by atoms with Crippen molar-refractivity contribution < 1.29 is 29.2 Å². The van der Waals surface area contributed by atoms with Gasteiger partial charge >= 0.3 is 5.97 Å². The lowest BCUT2D eigenvalue weighted by molar-refractivity contribution is -0.384. The average Bonchev–Trinajstić information content (AvgIpc) is 3.25. The summed E-state index contributed by atoms with van der Waals surface area (Å²) in [5.41, 5.74) is 0.986. The number of aryl methyl sites for hydroxylation is 1. The molecule has 1 aromatic carbocycles. The highest BCUT2D eigenvalue weighted by atomic mass is 16.6. The van der Waals surface area contributed by atoms with Crippen LogP contribution in [0.5, 0.6) is 0 Å². The number of nitro benzene ring substituents is 1. The van der Waals surface area contributed by atoms with Gasteiger partial charge in [-0.2, -0.15) is 0 Å². The maximum Gasteiger partial charge on any atom is 0.354 e. The molecule has 1 fully saturated rings. The fourth-order valence-electron chi connectivity index (χ4n) is 4.37. The molecule has 11 nitrogen and oxygen atoms in total. The molecule has 1 saturated heterocycles. The minimum absolute atomic E-state index is 0.110. The minimum Gasteiger partial charge on any atom is -0.507 e. The van der Waals surface area contributed by atoms with Crippen LogP contribution in [-0.2, 0) is 14.3 Å². The van der Waals surface area contributed by atoms with Gasteiger partial charge in [-0.15, -0.1) is 0 Å². The average molecular weight is 485 g/mol. The fourth-order valence-corrected chi connectivity index (χ4v) is 4.37. The molecule has 0 saturated carbocycles. The van der Waals surface area contributed by atoms with Crippen LogP contribution in [0.2, 0.25) is 0 Å². The number of ether oxygens (including phenoxy) is 1. The summed E-state index contributed by atoms with van der Waals surface area (Å²) in [6.07, 6.45) is 0.542. The predicted molar refractivity (Wildman–Crippen MR) is 127 cm³/mol. The molecule has 1 atom stereocenters. The number of esters is 1. The number of amides is 1. The zero-order valence-corrected chi connectivity index (χ0v) is 20.2. The van der Waals surface area contributed by atoms with E-state index in [4.69, 9.17) is 4.74 Å². The third-order valence-electron chi connectivity index (χ3n) is 6.00. The molecule has 35 heavy (non-hydrogen) atoms. The second-order valence-corrected chi connectivity index (χ2v) is 8.62. The number of carbonyl (C=O) groups is 3. The third-order valence-corrected chi connectivity index (χ3v) is 6.00. The topological polar surface area (TPSA) is 146 Å².